The fourth-order valence-electron chi connectivity index (χ4n) is 0.117. The van der Waals surface area contributed by atoms with E-state index in [-0.39, 0.29) is 0 Å². The van der Waals surface area contributed by atoms with Gasteiger partial charge in [-0.3, -0.25) is 0 Å². The van der Waals surface area contributed by atoms with Crippen molar-refractivity contribution in [3.63, 3.8) is 0 Å². The fraction of sp³-hybridized carbons (Fsp3) is 0.500. The normalized spacial score (nSPS) is 6.17. The summed E-state index contributed by atoms with van der Waals surface area (Å²) >= 11 is -0.629. The molecule has 2 heteroatoms. The molecule has 0 amide bonds. The summed E-state index contributed by atoms with van der Waals surface area (Å²) in [4.78, 5) is 0. The molecule has 0 aromatic heterocycles. The number of hydrogen-bond acceptors (Lipinski definition) is 1. The predicted molar refractivity (Wildman–Crippen MR) is 26.3 cm³/mol. The molecule has 0 N–H and O–H groups in total. The van der Waals surface area contributed by atoms with Gasteiger partial charge in [0.2, 0.25) is 0 Å². The summed E-state index contributed by atoms with van der Waals surface area (Å²) in [7, 11) is 0. The predicted octanol–water partition coefficient (Wildman–Crippen LogP) is 0.403. The van der Waals surface area contributed by atoms with Crippen LogP contribution in [0.2, 0.25) is 0 Å². The van der Waals surface area contributed by atoms with Crippen LogP contribution in [0.5, 0.6) is 0 Å². The van der Waals surface area contributed by atoms with Crippen LogP contribution in [0.15, 0.2) is 6.08 Å². The van der Waals surface area contributed by atoms with Crippen molar-refractivity contribution in [2.24, 2.45) is 0 Å². The Labute approximate surface area is 43.0 Å². The van der Waals surface area contributed by atoms with Gasteiger partial charge in [-0.2, -0.15) is 0 Å². The van der Waals surface area contributed by atoms with E-state index in [2.05, 4.69) is 4.58 Å². The van der Waals surface area contributed by atoms with Crippen LogP contribution in [-0.2, 0) is 3.83 Å². The van der Waals surface area contributed by atoms with Gasteiger partial charge in [-0.25, -0.2) is 0 Å². The van der Waals surface area contributed by atoms with Gasteiger partial charge in [0.15, 0.2) is 0 Å². The van der Waals surface area contributed by atoms with Crippen LogP contribution in [0.4, 0.5) is 0 Å². The standard InChI is InChI=1S/C4H6OSe/c1-2-3-4-6-5/h3H,2H2,1H3. The second-order valence-electron chi connectivity index (χ2n) is 0.814. The van der Waals surface area contributed by atoms with E-state index in [0.29, 0.717) is 0 Å². The van der Waals surface area contributed by atoms with Crippen LogP contribution in [0.3, 0.4) is 0 Å². The van der Waals surface area contributed by atoms with E-state index in [1.165, 1.54) is 0 Å². The average Bonchev–Trinajstić information content (AvgIpc) is 1.61. The Morgan fingerprint density at radius 1 is 2.00 bits per heavy atom. The van der Waals surface area contributed by atoms with E-state index >= 15 is 0 Å². The van der Waals surface area contributed by atoms with Gasteiger partial charge in [0.05, 0.1) is 0 Å². The zero-order valence-electron chi connectivity index (χ0n) is 3.60. The molecule has 34 valence electrons. The molecule has 0 saturated heterocycles. The Hall–Kier alpha value is -0.0305. The first-order valence-corrected chi connectivity index (χ1v) is 3.33. The Balaban J connectivity index is 3.47. The monoisotopic (exact) mass is 150 g/mol. The molecule has 0 aliphatic heterocycles. The molecule has 0 radical (unpaired) electrons. The third-order valence-electron chi connectivity index (χ3n) is 0.336. The van der Waals surface area contributed by atoms with Crippen molar-refractivity contribution in [1.82, 2.24) is 0 Å². The summed E-state index contributed by atoms with van der Waals surface area (Å²) in [5.41, 5.74) is 0. The molecular formula is C4H6OSe. The molecule has 1 nitrogen and oxygen atoms in total. The van der Waals surface area contributed by atoms with Crippen LogP contribution in [0, 0.1) is 0 Å². The van der Waals surface area contributed by atoms with E-state index in [1.54, 1.807) is 6.08 Å². The Morgan fingerprint density at radius 3 is 2.83 bits per heavy atom. The fourth-order valence-corrected chi connectivity index (χ4v) is 0.610. The SMILES string of the molecule is CCC=C=[Se]=O. The van der Waals surface area contributed by atoms with E-state index in [4.69, 9.17) is 0 Å². The summed E-state index contributed by atoms with van der Waals surface area (Å²) in [6.45, 7) is 1.98. The molecule has 0 heterocycles. The quantitative estimate of drug-likeness (QED) is 0.493. The van der Waals surface area contributed by atoms with Crippen molar-refractivity contribution < 1.29 is 3.83 Å². The summed E-state index contributed by atoms with van der Waals surface area (Å²) in [5.74, 6) is 0. The zero-order chi connectivity index (χ0) is 4.83. The second-order valence-corrected chi connectivity index (χ2v) is 1.66. The van der Waals surface area contributed by atoms with Gasteiger partial charge in [0.25, 0.3) is 0 Å². The third-order valence-corrected chi connectivity index (χ3v) is 0.887. The molecule has 0 aliphatic carbocycles. The molecular weight excluding hydrogens is 143 g/mol. The van der Waals surface area contributed by atoms with E-state index in [1.807, 2.05) is 6.92 Å². The minimum atomic E-state index is -0.629. The van der Waals surface area contributed by atoms with Gasteiger partial charge in [0.1, 0.15) is 0 Å². The van der Waals surface area contributed by atoms with Crippen molar-refractivity contribution in [1.29, 1.82) is 0 Å². The van der Waals surface area contributed by atoms with Crippen molar-refractivity contribution in [2.45, 2.75) is 13.3 Å². The van der Waals surface area contributed by atoms with E-state index < -0.39 is 14.5 Å². The van der Waals surface area contributed by atoms with Gasteiger partial charge in [-0.05, 0) is 0 Å². The van der Waals surface area contributed by atoms with Gasteiger partial charge < -0.3 is 0 Å². The molecule has 0 rings (SSSR count). The first kappa shape index (κ1) is 5.97. The van der Waals surface area contributed by atoms with Crippen molar-refractivity contribution in [3.8, 4) is 0 Å². The Morgan fingerprint density at radius 2 is 2.67 bits per heavy atom. The summed E-state index contributed by atoms with van der Waals surface area (Å²) in [6, 6.07) is 0. The zero-order valence-corrected chi connectivity index (χ0v) is 5.31. The van der Waals surface area contributed by atoms with Crippen molar-refractivity contribution in [2.75, 3.05) is 0 Å². The summed E-state index contributed by atoms with van der Waals surface area (Å²) in [6.07, 6.45) is 2.71. The van der Waals surface area contributed by atoms with Crippen LogP contribution >= 0.6 is 0 Å². The average molecular weight is 149 g/mol. The second kappa shape index (κ2) is 4.97. The van der Waals surface area contributed by atoms with Crippen LogP contribution in [0.25, 0.3) is 0 Å². The van der Waals surface area contributed by atoms with Crippen LogP contribution < -0.4 is 0 Å². The summed E-state index contributed by atoms with van der Waals surface area (Å²) in [5, 5.41) is 0. The molecule has 0 spiro atoms. The molecule has 0 unspecified atom stereocenters. The Kier molecular flexibility index (Phi) is 4.94. The molecule has 0 fully saturated rings. The first-order chi connectivity index (χ1) is 2.91. The van der Waals surface area contributed by atoms with Gasteiger partial charge in [-0.15, -0.1) is 0 Å². The molecule has 0 aromatic carbocycles. The van der Waals surface area contributed by atoms with Crippen molar-refractivity contribution in [3.05, 3.63) is 6.08 Å². The molecule has 0 bridgehead atoms. The van der Waals surface area contributed by atoms with Gasteiger partial charge in [0, 0.05) is 0 Å². The third kappa shape index (κ3) is 3.97. The molecule has 0 aliphatic rings. The molecule has 0 aromatic rings. The van der Waals surface area contributed by atoms with Crippen LogP contribution in [0.1, 0.15) is 13.3 Å². The Bertz CT molecular complexity index is 96.1. The van der Waals surface area contributed by atoms with Gasteiger partial charge >= 0.3 is 42.3 Å². The van der Waals surface area contributed by atoms with Gasteiger partial charge in [-0.1, -0.05) is 0 Å². The molecule has 6 heavy (non-hydrogen) atoms. The molecule has 0 saturated carbocycles. The van der Waals surface area contributed by atoms with E-state index in [0.717, 1.165) is 6.42 Å². The first-order valence-electron chi connectivity index (χ1n) is 1.77. The number of hydrogen-bond donors (Lipinski definition) is 0. The summed E-state index contributed by atoms with van der Waals surface area (Å²) < 4.78 is 12.2. The maximum atomic E-state index is 9.61. The minimum absolute atomic E-state index is 0.629. The molecule has 0 atom stereocenters. The topological polar surface area (TPSA) is 17.1 Å². The van der Waals surface area contributed by atoms with Crippen molar-refractivity contribution >= 4 is 19.0 Å². The number of allylic oxidation sites excluding steroid dienone is 1. The van der Waals surface area contributed by atoms with E-state index in [9.17, 15) is 3.83 Å². The number of rotatable bonds is 1. The maximum absolute atomic E-state index is 9.61. The van der Waals surface area contributed by atoms with Crippen LogP contribution in [-0.4, -0.2) is 19.0 Å².